The number of non-ortho nitro benzene ring substituents is 1. The second-order valence-electron chi connectivity index (χ2n) is 2.85. The predicted octanol–water partition coefficient (Wildman–Crippen LogP) is 0.708. The summed E-state index contributed by atoms with van der Waals surface area (Å²) in [5.41, 5.74) is 0.854. The van der Waals surface area contributed by atoms with Crippen LogP contribution in [-0.4, -0.2) is 17.5 Å². The number of hydrogen-bond donors (Lipinski definition) is 2. The summed E-state index contributed by atoms with van der Waals surface area (Å²) in [6.45, 7) is 0.351. The number of hydrogen-bond acceptors (Lipinski definition) is 4. The second kappa shape index (κ2) is 2.99. The highest BCUT2D eigenvalue weighted by atomic mass is 16.6. The van der Waals surface area contributed by atoms with Crippen LogP contribution in [0.1, 0.15) is 10.4 Å². The second-order valence-corrected chi connectivity index (χ2v) is 2.85. The van der Waals surface area contributed by atoms with Crippen molar-refractivity contribution in [2.45, 2.75) is 0 Å². The highest BCUT2D eigenvalue weighted by Gasteiger charge is 2.19. The molecule has 0 radical (unpaired) electrons. The number of nitro groups is 1. The van der Waals surface area contributed by atoms with Crippen molar-refractivity contribution in [2.75, 3.05) is 12.0 Å². The highest BCUT2D eigenvalue weighted by Crippen LogP contribution is 2.23. The van der Waals surface area contributed by atoms with Crippen LogP contribution < -0.4 is 10.6 Å². The predicted molar refractivity (Wildman–Crippen MR) is 49.1 cm³/mol. The molecule has 0 spiro atoms. The Morgan fingerprint density at radius 2 is 2.14 bits per heavy atom. The lowest BCUT2D eigenvalue weighted by atomic mass is 10.1. The number of amides is 1. The number of benzene rings is 1. The maximum Gasteiger partial charge on any atom is 0.270 e. The standard InChI is InChI=1S/C8H7N3O3/c12-8-6-3-5(11(13)14)1-2-7(6)9-4-10-8/h1-3,9H,4H2,(H,10,12). The summed E-state index contributed by atoms with van der Waals surface area (Å²) in [7, 11) is 0. The molecule has 0 fully saturated rings. The van der Waals surface area contributed by atoms with E-state index < -0.39 is 4.92 Å². The van der Waals surface area contributed by atoms with E-state index in [1.54, 1.807) is 0 Å². The van der Waals surface area contributed by atoms with Crippen molar-refractivity contribution in [2.24, 2.45) is 0 Å². The van der Waals surface area contributed by atoms with Gasteiger partial charge in [-0.25, -0.2) is 0 Å². The van der Waals surface area contributed by atoms with E-state index in [1.807, 2.05) is 0 Å². The minimum Gasteiger partial charge on any atom is -0.367 e. The summed E-state index contributed by atoms with van der Waals surface area (Å²) < 4.78 is 0. The number of anilines is 1. The Kier molecular flexibility index (Phi) is 1.81. The topological polar surface area (TPSA) is 84.3 Å². The molecule has 0 bridgehead atoms. The molecule has 0 saturated heterocycles. The first-order valence-corrected chi connectivity index (χ1v) is 3.99. The monoisotopic (exact) mass is 193 g/mol. The van der Waals surface area contributed by atoms with Crippen molar-refractivity contribution >= 4 is 17.3 Å². The van der Waals surface area contributed by atoms with Crippen LogP contribution in [0.25, 0.3) is 0 Å². The van der Waals surface area contributed by atoms with Crippen LogP contribution >= 0.6 is 0 Å². The van der Waals surface area contributed by atoms with Gasteiger partial charge in [-0.2, -0.15) is 0 Å². The van der Waals surface area contributed by atoms with Crippen LogP contribution in [-0.2, 0) is 0 Å². The number of carbonyl (C=O) groups excluding carboxylic acids is 1. The van der Waals surface area contributed by atoms with Crippen molar-refractivity contribution in [3.05, 3.63) is 33.9 Å². The SMILES string of the molecule is O=C1NCNc2ccc([N+](=O)[O-])cc21. The van der Waals surface area contributed by atoms with E-state index in [4.69, 9.17) is 0 Å². The Balaban J connectivity index is 2.51. The van der Waals surface area contributed by atoms with E-state index in [0.717, 1.165) is 0 Å². The van der Waals surface area contributed by atoms with Crippen LogP contribution in [0.3, 0.4) is 0 Å². The van der Waals surface area contributed by atoms with E-state index in [-0.39, 0.29) is 11.6 Å². The van der Waals surface area contributed by atoms with Gasteiger partial charge in [0.25, 0.3) is 11.6 Å². The minimum atomic E-state index is -0.526. The van der Waals surface area contributed by atoms with Gasteiger partial charge in [0.1, 0.15) is 0 Å². The molecule has 1 amide bonds. The molecule has 1 aliphatic heterocycles. The lowest BCUT2D eigenvalue weighted by Crippen LogP contribution is -2.34. The first-order valence-electron chi connectivity index (χ1n) is 3.99. The normalized spacial score (nSPS) is 13.9. The van der Waals surface area contributed by atoms with Crippen molar-refractivity contribution in [3.63, 3.8) is 0 Å². The molecule has 14 heavy (non-hydrogen) atoms. The smallest absolute Gasteiger partial charge is 0.270 e. The van der Waals surface area contributed by atoms with Crippen molar-refractivity contribution < 1.29 is 9.72 Å². The molecule has 2 rings (SSSR count). The Morgan fingerprint density at radius 3 is 2.86 bits per heavy atom. The number of nitrogens with zero attached hydrogens (tertiary/aromatic N) is 1. The van der Waals surface area contributed by atoms with E-state index in [1.165, 1.54) is 18.2 Å². The largest absolute Gasteiger partial charge is 0.367 e. The van der Waals surface area contributed by atoms with E-state index in [9.17, 15) is 14.9 Å². The first-order chi connectivity index (χ1) is 6.68. The molecule has 0 saturated carbocycles. The Morgan fingerprint density at radius 1 is 1.36 bits per heavy atom. The third-order valence-electron chi connectivity index (χ3n) is 1.99. The Labute approximate surface area is 79.1 Å². The van der Waals surface area contributed by atoms with Crippen molar-refractivity contribution in [3.8, 4) is 0 Å². The van der Waals surface area contributed by atoms with Gasteiger partial charge in [0.15, 0.2) is 0 Å². The highest BCUT2D eigenvalue weighted by molar-refractivity contribution is 6.01. The molecule has 72 valence electrons. The van der Waals surface area contributed by atoms with E-state index in [0.29, 0.717) is 17.9 Å². The van der Waals surface area contributed by atoms with Gasteiger partial charge >= 0.3 is 0 Å². The molecule has 1 aromatic rings. The van der Waals surface area contributed by atoms with Crippen molar-refractivity contribution in [1.29, 1.82) is 0 Å². The Bertz CT molecular complexity index is 416. The fourth-order valence-corrected chi connectivity index (χ4v) is 1.30. The van der Waals surface area contributed by atoms with Crippen LogP contribution in [0.2, 0.25) is 0 Å². The molecule has 1 aromatic carbocycles. The molecular weight excluding hydrogens is 186 g/mol. The van der Waals surface area contributed by atoms with Crippen molar-refractivity contribution in [1.82, 2.24) is 5.32 Å². The van der Waals surface area contributed by atoms with Gasteiger partial charge in [-0.15, -0.1) is 0 Å². The minimum absolute atomic E-state index is 0.0809. The number of carbonyl (C=O) groups is 1. The number of fused-ring (bicyclic) bond motifs is 1. The van der Waals surface area contributed by atoms with Crippen LogP contribution in [0.4, 0.5) is 11.4 Å². The lowest BCUT2D eigenvalue weighted by molar-refractivity contribution is -0.384. The van der Waals surface area contributed by atoms with Gasteiger partial charge in [-0.3, -0.25) is 14.9 Å². The summed E-state index contributed by atoms with van der Waals surface area (Å²) in [6.07, 6.45) is 0. The Hall–Kier alpha value is -2.11. The number of nitro benzene ring substituents is 1. The van der Waals surface area contributed by atoms with Crippen LogP contribution in [0.15, 0.2) is 18.2 Å². The van der Waals surface area contributed by atoms with Gasteiger partial charge in [-0.05, 0) is 6.07 Å². The zero-order valence-corrected chi connectivity index (χ0v) is 7.11. The first kappa shape index (κ1) is 8.49. The molecule has 0 aliphatic carbocycles. The third-order valence-corrected chi connectivity index (χ3v) is 1.99. The maximum absolute atomic E-state index is 11.3. The number of rotatable bonds is 1. The summed E-state index contributed by atoms with van der Waals surface area (Å²) >= 11 is 0. The molecule has 0 aromatic heterocycles. The van der Waals surface area contributed by atoms with Gasteiger partial charge in [0.05, 0.1) is 17.2 Å². The van der Waals surface area contributed by atoms with Gasteiger partial charge in [0, 0.05) is 17.8 Å². The quantitative estimate of drug-likeness (QED) is 0.508. The maximum atomic E-state index is 11.3. The van der Waals surface area contributed by atoms with Crippen LogP contribution in [0, 0.1) is 10.1 Å². The van der Waals surface area contributed by atoms with E-state index >= 15 is 0 Å². The molecule has 6 nitrogen and oxygen atoms in total. The summed E-state index contributed by atoms with van der Waals surface area (Å²) in [5, 5.41) is 15.9. The zero-order valence-electron chi connectivity index (χ0n) is 7.11. The third kappa shape index (κ3) is 1.26. The molecule has 1 heterocycles. The average molecular weight is 193 g/mol. The number of nitrogens with one attached hydrogen (secondary N) is 2. The van der Waals surface area contributed by atoms with Gasteiger partial charge in [-0.1, -0.05) is 0 Å². The lowest BCUT2D eigenvalue weighted by Gasteiger charge is -2.17. The van der Waals surface area contributed by atoms with Gasteiger partial charge in [0.2, 0.25) is 0 Å². The molecule has 2 N–H and O–H groups in total. The molecular formula is C8H7N3O3. The molecule has 0 unspecified atom stereocenters. The zero-order chi connectivity index (χ0) is 10.1. The molecule has 0 atom stereocenters. The fraction of sp³-hybridized carbons (Fsp3) is 0.125. The average Bonchev–Trinajstić information content (AvgIpc) is 2.18. The summed E-state index contributed by atoms with van der Waals surface area (Å²) in [4.78, 5) is 21.2. The van der Waals surface area contributed by atoms with Gasteiger partial charge < -0.3 is 10.6 Å². The summed E-state index contributed by atoms with van der Waals surface area (Å²) in [5.74, 6) is -0.289. The van der Waals surface area contributed by atoms with E-state index in [2.05, 4.69) is 10.6 Å². The molecule has 6 heteroatoms. The van der Waals surface area contributed by atoms with Crippen LogP contribution in [0.5, 0.6) is 0 Å². The fourth-order valence-electron chi connectivity index (χ4n) is 1.30. The summed E-state index contributed by atoms with van der Waals surface area (Å²) in [6, 6.07) is 4.16. The molecule has 1 aliphatic rings.